The molecule has 126 valence electrons. The highest BCUT2D eigenvalue weighted by atomic mass is 35.5. The number of rotatable bonds is 3. The number of benzene rings is 1. The molecular formula is C17H18Cl2N4O. The minimum absolute atomic E-state index is 0.309. The van der Waals surface area contributed by atoms with Crippen molar-refractivity contribution in [3.05, 3.63) is 46.3 Å². The van der Waals surface area contributed by atoms with Gasteiger partial charge in [0, 0.05) is 24.2 Å². The number of hydrogen-bond acceptors (Lipinski definition) is 4. The molecule has 0 saturated carbocycles. The number of amides is 1. The lowest BCUT2D eigenvalue weighted by Crippen LogP contribution is -2.35. The molecule has 0 aliphatic carbocycles. The first kappa shape index (κ1) is 17.0. The van der Waals surface area contributed by atoms with Gasteiger partial charge >= 0.3 is 0 Å². The number of anilines is 2. The maximum atomic E-state index is 12.4. The van der Waals surface area contributed by atoms with Gasteiger partial charge in [0.2, 0.25) is 0 Å². The van der Waals surface area contributed by atoms with Gasteiger partial charge in [-0.25, -0.2) is 9.97 Å². The lowest BCUT2D eigenvalue weighted by molar-refractivity contribution is 0.102. The molecule has 0 bridgehead atoms. The van der Waals surface area contributed by atoms with Crippen molar-refractivity contribution in [3.63, 3.8) is 0 Å². The van der Waals surface area contributed by atoms with Crippen LogP contribution in [0.2, 0.25) is 10.0 Å². The Kier molecular flexibility index (Phi) is 5.21. The molecule has 1 saturated heterocycles. The average molecular weight is 365 g/mol. The normalized spacial score (nSPS) is 17.6. The Morgan fingerprint density at radius 1 is 1.29 bits per heavy atom. The van der Waals surface area contributed by atoms with E-state index in [1.807, 2.05) is 0 Å². The van der Waals surface area contributed by atoms with Crippen molar-refractivity contribution in [1.29, 1.82) is 0 Å². The Morgan fingerprint density at radius 3 is 2.88 bits per heavy atom. The van der Waals surface area contributed by atoms with Gasteiger partial charge in [0.15, 0.2) is 0 Å². The van der Waals surface area contributed by atoms with Crippen LogP contribution in [0.25, 0.3) is 0 Å². The first-order valence-electron chi connectivity index (χ1n) is 7.86. The molecule has 1 aromatic heterocycles. The zero-order valence-electron chi connectivity index (χ0n) is 13.3. The minimum atomic E-state index is -0.326. The van der Waals surface area contributed by atoms with Crippen molar-refractivity contribution in [2.75, 3.05) is 23.3 Å². The fourth-order valence-corrected chi connectivity index (χ4v) is 3.27. The molecule has 1 unspecified atom stereocenters. The molecule has 1 aliphatic heterocycles. The number of nitrogens with zero attached hydrogens (tertiary/aromatic N) is 3. The number of carbonyl (C=O) groups is 1. The molecule has 0 spiro atoms. The zero-order valence-corrected chi connectivity index (χ0v) is 14.8. The molecule has 1 aromatic carbocycles. The summed E-state index contributed by atoms with van der Waals surface area (Å²) < 4.78 is 0. The molecule has 3 rings (SSSR count). The lowest BCUT2D eigenvalue weighted by atomic mass is 10.0. The summed E-state index contributed by atoms with van der Waals surface area (Å²) in [7, 11) is 0. The average Bonchev–Trinajstić information content (AvgIpc) is 2.57. The van der Waals surface area contributed by atoms with Gasteiger partial charge in [-0.2, -0.15) is 0 Å². The van der Waals surface area contributed by atoms with Gasteiger partial charge in [0.1, 0.15) is 17.8 Å². The molecule has 1 fully saturated rings. The Bertz CT molecular complexity index is 753. The van der Waals surface area contributed by atoms with Crippen molar-refractivity contribution >= 4 is 40.6 Å². The molecule has 7 heteroatoms. The van der Waals surface area contributed by atoms with Crippen molar-refractivity contribution in [3.8, 4) is 0 Å². The fraction of sp³-hybridized carbons (Fsp3) is 0.353. The molecule has 5 nitrogen and oxygen atoms in total. The summed E-state index contributed by atoms with van der Waals surface area (Å²) in [6.07, 6.45) is 3.78. The summed E-state index contributed by atoms with van der Waals surface area (Å²) >= 11 is 12.0. The molecule has 0 radical (unpaired) electrons. The van der Waals surface area contributed by atoms with Crippen molar-refractivity contribution in [2.24, 2.45) is 5.92 Å². The van der Waals surface area contributed by atoms with E-state index >= 15 is 0 Å². The summed E-state index contributed by atoms with van der Waals surface area (Å²) in [5, 5.41) is 3.65. The minimum Gasteiger partial charge on any atom is -0.356 e. The van der Waals surface area contributed by atoms with Crippen LogP contribution in [0, 0.1) is 5.92 Å². The highest BCUT2D eigenvalue weighted by Gasteiger charge is 2.19. The molecule has 1 atom stereocenters. The number of piperidine rings is 1. The predicted octanol–water partition coefficient (Wildman–Crippen LogP) is 4.27. The standard InChI is InChI=1S/C17H18Cl2N4O/c1-11-3-2-6-23(9-11)16-8-15(20-10-21-16)17(24)22-14-5-4-12(18)7-13(14)19/h4-5,7-8,10-11H,2-3,6,9H2,1H3,(H,22,24). The second kappa shape index (κ2) is 7.36. The monoisotopic (exact) mass is 364 g/mol. The third-order valence-electron chi connectivity index (χ3n) is 4.05. The number of aromatic nitrogens is 2. The number of hydrogen-bond donors (Lipinski definition) is 1. The van der Waals surface area contributed by atoms with E-state index in [0.717, 1.165) is 25.3 Å². The first-order valence-corrected chi connectivity index (χ1v) is 8.62. The molecule has 1 N–H and O–H groups in total. The van der Waals surface area contributed by atoms with Crippen LogP contribution in [-0.4, -0.2) is 29.0 Å². The van der Waals surface area contributed by atoms with Crippen LogP contribution in [0.1, 0.15) is 30.3 Å². The topological polar surface area (TPSA) is 58.1 Å². The maximum Gasteiger partial charge on any atom is 0.274 e. The van der Waals surface area contributed by atoms with E-state index < -0.39 is 0 Å². The van der Waals surface area contributed by atoms with Crippen LogP contribution >= 0.6 is 23.2 Å². The van der Waals surface area contributed by atoms with Crippen molar-refractivity contribution in [2.45, 2.75) is 19.8 Å². The van der Waals surface area contributed by atoms with Gasteiger partial charge in [-0.1, -0.05) is 30.1 Å². The first-order chi connectivity index (χ1) is 11.5. The van der Waals surface area contributed by atoms with E-state index in [1.165, 1.54) is 12.7 Å². The quantitative estimate of drug-likeness (QED) is 0.883. The third-order valence-corrected chi connectivity index (χ3v) is 4.59. The maximum absolute atomic E-state index is 12.4. The van der Waals surface area contributed by atoms with E-state index in [0.29, 0.717) is 27.3 Å². The van der Waals surface area contributed by atoms with Crippen LogP contribution in [-0.2, 0) is 0 Å². The van der Waals surface area contributed by atoms with E-state index in [2.05, 4.69) is 27.1 Å². The van der Waals surface area contributed by atoms with E-state index in [4.69, 9.17) is 23.2 Å². The Morgan fingerprint density at radius 2 is 2.12 bits per heavy atom. The second-order valence-corrected chi connectivity index (χ2v) is 6.88. The number of halogens is 2. The molecule has 2 aromatic rings. The van der Waals surface area contributed by atoms with E-state index in [9.17, 15) is 4.79 Å². The summed E-state index contributed by atoms with van der Waals surface area (Å²) in [5.41, 5.74) is 0.807. The van der Waals surface area contributed by atoms with Gasteiger partial charge in [0.05, 0.1) is 10.7 Å². The summed E-state index contributed by atoms with van der Waals surface area (Å²) in [6, 6.07) is 6.64. The van der Waals surface area contributed by atoms with Gasteiger partial charge in [-0.05, 0) is 37.0 Å². The largest absolute Gasteiger partial charge is 0.356 e. The smallest absolute Gasteiger partial charge is 0.274 e. The van der Waals surface area contributed by atoms with Crippen molar-refractivity contribution < 1.29 is 4.79 Å². The van der Waals surface area contributed by atoms with Gasteiger partial charge in [0.25, 0.3) is 5.91 Å². The highest BCUT2D eigenvalue weighted by Crippen LogP contribution is 2.26. The molecule has 2 heterocycles. The highest BCUT2D eigenvalue weighted by molar-refractivity contribution is 6.36. The molecule has 24 heavy (non-hydrogen) atoms. The number of carbonyl (C=O) groups excluding carboxylic acids is 1. The van der Waals surface area contributed by atoms with Crippen LogP contribution < -0.4 is 10.2 Å². The third kappa shape index (κ3) is 3.97. The van der Waals surface area contributed by atoms with E-state index in [-0.39, 0.29) is 5.91 Å². The fourth-order valence-electron chi connectivity index (χ4n) is 2.82. The Hall–Kier alpha value is -1.85. The summed E-state index contributed by atoms with van der Waals surface area (Å²) in [4.78, 5) is 23.0. The lowest BCUT2D eigenvalue weighted by Gasteiger charge is -2.31. The van der Waals surface area contributed by atoms with E-state index in [1.54, 1.807) is 24.3 Å². The van der Waals surface area contributed by atoms with Crippen LogP contribution in [0.3, 0.4) is 0 Å². The molecular weight excluding hydrogens is 347 g/mol. The molecule has 1 amide bonds. The van der Waals surface area contributed by atoms with Crippen LogP contribution in [0.4, 0.5) is 11.5 Å². The Labute approximate surface area is 151 Å². The van der Waals surface area contributed by atoms with Crippen LogP contribution in [0.15, 0.2) is 30.6 Å². The predicted molar refractivity (Wildman–Crippen MR) is 97.1 cm³/mol. The van der Waals surface area contributed by atoms with Crippen molar-refractivity contribution in [1.82, 2.24) is 9.97 Å². The summed E-state index contributed by atoms with van der Waals surface area (Å²) in [5.74, 6) is 1.08. The van der Waals surface area contributed by atoms with Gasteiger partial charge in [-0.3, -0.25) is 4.79 Å². The summed E-state index contributed by atoms with van der Waals surface area (Å²) in [6.45, 7) is 4.12. The molecule has 1 aliphatic rings. The van der Waals surface area contributed by atoms with Gasteiger partial charge in [-0.15, -0.1) is 0 Å². The SMILES string of the molecule is CC1CCCN(c2cc(C(=O)Nc3ccc(Cl)cc3Cl)ncn2)C1. The number of nitrogens with one attached hydrogen (secondary N) is 1. The van der Waals surface area contributed by atoms with Gasteiger partial charge < -0.3 is 10.2 Å². The Balaban J connectivity index is 1.76. The zero-order chi connectivity index (χ0) is 17.1. The van der Waals surface area contributed by atoms with Crippen LogP contribution in [0.5, 0.6) is 0 Å². The second-order valence-electron chi connectivity index (χ2n) is 6.03.